The number of rotatable bonds is 9. The van der Waals surface area contributed by atoms with Crippen LogP contribution in [0.4, 0.5) is 4.39 Å². The summed E-state index contributed by atoms with van der Waals surface area (Å²) in [5, 5.41) is 16.9. The maximum absolute atomic E-state index is 13.0. The number of amides is 1. The minimum absolute atomic E-state index is 0.106. The van der Waals surface area contributed by atoms with Crippen molar-refractivity contribution in [2.45, 2.75) is 26.5 Å². The molecule has 0 atom stereocenters. The fraction of sp³-hybridized carbons (Fsp3) is 0.250. The van der Waals surface area contributed by atoms with Gasteiger partial charge in [-0.15, -0.1) is 0 Å². The quantitative estimate of drug-likeness (QED) is 0.407. The van der Waals surface area contributed by atoms with Crippen molar-refractivity contribution in [3.8, 4) is 5.88 Å². The number of benzene rings is 1. The van der Waals surface area contributed by atoms with Gasteiger partial charge in [0.1, 0.15) is 12.4 Å². The van der Waals surface area contributed by atoms with Crippen molar-refractivity contribution < 1.29 is 19.0 Å². The van der Waals surface area contributed by atoms with E-state index in [0.717, 1.165) is 27.6 Å². The predicted octanol–water partition coefficient (Wildman–Crippen LogP) is 2.55. The monoisotopic (exact) mass is 449 g/mol. The smallest absolute Gasteiger partial charge is 0.226 e. The van der Waals surface area contributed by atoms with Gasteiger partial charge in [0.25, 0.3) is 0 Å². The molecular weight excluding hydrogens is 425 g/mol. The molecule has 3 aromatic heterocycles. The second-order valence-electron chi connectivity index (χ2n) is 7.65. The van der Waals surface area contributed by atoms with Gasteiger partial charge in [-0.2, -0.15) is 5.10 Å². The van der Waals surface area contributed by atoms with Gasteiger partial charge in [0.05, 0.1) is 30.8 Å². The summed E-state index contributed by atoms with van der Waals surface area (Å²) in [5.74, 6) is 0.0403. The molecule has 0 radical (unpaired) electrons. The molecule has 0 aliphatic carbocycles. The van der Waals surface area contributed by atoms with E-state index in [9.17, 15) is 9.18 Å². The molecule has 0 saturated heterocycles. The van der Waals surface area contributed by atoms with Crippen LogP contribution in [0.1, 0.15) is 22.4 Å². The van der Waals surface area contributed by atoms with Crippen molar-refractivity contribution in [2.75, 3.05) is 13.2 Å². The second kappa shape index (κ2) is 10.2. The third kappa shape index (κ3) is 5.69. The van der Waals surface area contributed by atoms with Gasteiger partial charge in [-0.05, 0) is 42.3 Å². The maximum atomic E-state index is 13.0. The molecule has 0 aliphatic heterocycles. The Morgan fingerprint density at radius 2 is 2.00 bits per heavy atom. The van der Waals surface area contributed by atoms with Crippen LogP contribution in [0.5, 0.6) is 5.88 Å². The highest BCUT2D eigenvalue weighted by Crippen LogP contribution is 2.20. The van der Waals surface area contributed by atoms with Crippen molar-refractivity contribution in [2.24, 2.45) is 0 Å². The highest BCUT2D eigenvalue weighted by Gasteiger charge is 2.12. The van der Waals surface area contributed by atoms with Crippen LogP contribution in [-0.2, 0) is 24.4 Å². The van der Waals surface area contributed by atoms with Gasteiger partial charge in [-0.3, -0.25) is 14.5 Å². The minimum Gasteiger partial charge on any atom is -0.473 e. The molecule has 33 heavy (non-hydrogen) atoms. The number of hydrogen-bond acceptors (Lipinski definition) is 6. The van der Waals surface area contributed by atoms with Gasteiger partial charge in [0, 0.05) is 36.1 Å². The third-order valence-corrected chi connectivity index (χ3v) is 5.05. The summed E-state index contributed by atoms with van der Waals surface area (Å²) >= 11 is 0. The van der Waals surface area contributed by atoms with Crippen molar-refractivity contribution in [3.05, 3.63) is 83.2 Å². The standard InChI is InChI=1S/C24H24FN5O3/c1-16-10-18(12-28-24(16)33-15-17-2-4-19(25)5-3-17)13-30-14-20-21(29-30)6-7-26-22(20)11-23(32)27-8-9-31/h2-7,10,12,14,31H,8-9,11,13,15H2,1H3,(H,27,32). The topological polar surface area (TPSA) is 102 Å². The number of nitrogens with zero attached hydrogens (tertiary/aromatic N) is 4. The molecule has 170 valence electrons. The number of carbonyl (C=O) groups is 1. The Hall–Kier alpha value is -3.85. The number of hydrogen-bond donors (Lipinski definition) is 2. The number of nitrogens with one attached hydrogen (secondary N) is 1. The average Bonchev–Trinajstić information content (AvgIpc) is 3.22. The van der Waals surface area contributed by atoms with Gasteiger partial charge in [0.2, 0.25) is 11.8 Å². The molecule has 0 unspecified atom stereocenters. The first-order chi connectivity index (χ1) is 16.0. The summed E-state index contributed by atoms with van der Waals surface area (Å²) in [6, 6.07) is 9.95. The van der Waals surface area contributed by atoms with Gasteiger partial charge < -0.3 is 15.2 Å². The lowest BCUT2D eigenvalue weighted by molar-refractivity contribution is -0.120. The fourth-order valence-electron chi connectivity index (χ4n) is 3.46. The number of aryl methyl sites for hydroxylation is 1. The van der Waals surface area contributed by atoms with Gasteiger partial charge in [0.15, 0.2) is 0 Å². The summed E-state index contributed by atoms with van der Waals surface area (Å²) in [6.07, 6.45) is 5.35. The Balaban J connectivity index is 1.44. The van der Waals surface area contributed by atoms with Crippen LogP contribution in [0.25, 0.3) is 10.9 Å². The van der Waals surface area contributed by atoms with Crippen molar-refractivity contribution in [1.29, 1.82) is 0 Å². The maximum Gasteiger partial charge on any atom is 0.226 e. The van der Waals surface area contributed by atoms with Crippen LogP contribution >= 0.6 is 0 Å². The van der Waals surface area contributed by atoms with E-state index in [1.165, 1.54) is 12.1 Å². The molecule has 0 fully saturated rings. The molecule has 0 aliphatic rings. The molecule has 0 spiro atoms. The van der Waals surface area contributed by atoms with E-state index in [0.29, 0.717) is 24.7 Å². The van der Waals surface area contributed by atoms with Crippen molar-refractivity contribution >= 4 is 16.8 Å². The van der Waals surface area contributed by atoms with E-state index < -0.39 is 0 Å². The number of ether oxygens (including phenoxy) is 1. The number of aromatic nitrogens is 4. The lowest BCUT2D eigenvalue weighted by Crippen LogP contribution is -2.28. The molecule has 2 N–H and O–H groups in total. The molecule has 1 amide bonds. The van der Waals surface area contributed by atoms with Crippen LogP contribution in [0.2, 0.25) is 0 Å². The SMILES string of the molecule is Cc1cc(Cn2cc3c(CC(=O)NCCO)nccc3n2)cnc1OCc1ccc(F)cc1. The summed E-state index contributed by atoms with van der Waals surface area (Å²) in [7, 11) is 0. The van der Waals surface area contributed by atoms with E-state index in [2.05, 4.69) is 20.4 Å². The normalized spacial score (nSPS) is 11.0. The lowest BCUT2D eigenvalue weighted by Gasteiger charge is -2.10. The van der Waals surface area contributed by atoms with Gasteiger partial charge in [-0.25, -0.2) is 9.37 Å². The van der Waals surface area contributed by atoms with Crippen molar-refractivity contribution in [3.63, 3.8) is 0 Å². The third-order valence-electron chi connectivity index (χ3n) is 5.05. The first-order valence-corrected chi connectivity index (χ1v) is 10.5. The summed E-state index contributed by atoms with van der Waals surface area (Å²) in [6.45, 7) is 2.83. The van der Waals surface area contributed by atoms with Gasteiger partial charge >= 0.3 is 0 Å². The van der Waals surface area contributed by atoms with Crippen LogP contribution in [0.3, 0.4) is 0 Å². The highest BCUT2D eigenvalue weighted by atomic mass is 19.1. The zero-order valence-electron chi connectivity index (χ0n) is 18.2. The minimum atomic E-state index is -0.281. The first-order valence-electron chi connectivity index (χ1n) is 10.5. The zero-order valence-corrected chi connectivity index (χ0v) is 18.2. The molecule has 4 aromatic rings. The second-order valence-corrected chi connectivity index (χ2v) is 7.65. The number of aliphatic hydroxyl groups excluding tert-OH is 1. The van der Waals surface area contributed by atoms with Crippen LogP contribution in [0.15, 0.2) is 55.0 Å². The Kier molecular flexibility index (Phi) is 6.89. The molecule has 9 heteroatoms. The molecule has 0 saturated carbocycles. The number of carbonyl (C=O) groups excluding carboxylic acids is 1. The lowest BCUT2D eigenvalue weighted by atomic mass is 10.2. The van der Waals surface area contributed by atoms with Crippen LogP contribution < -0.4 is 10.1 Å². The van der Waals surface area contributed by atoms with Crippen LogP contribution in [0, 0.1) is 12.7 Å². The molecule has 3 heterocycles. The molecule has 4 rings (SSSR count). The number of aliphatic hydroxyl groups is 1. The zero-order chi connectivity index (χ0) is 23.2. The number of halogens is 1. The molecule has 8 nitrogen and oxygen atoms in total. The van der Waals surface area contributed by atoms with E-state index in [4.69, 9.17) is 9.84 Å². The molecule has 1 aromatic carbocycles. The highest BCUT2D eigenvalue weighted by molar-refractivity contribution is 5.86. The van der Waals surface area contributed by atoms with Crippen LogP contribution in [-0.4, -0.2) is 43.9 Å². The summed E-state index contributed by atoms with van der Waals surface area (Å²) < 4.78 is 20.6. The van der Waals surface area contributed by atoms with Crippen molar-refractivity contribution in [1.82, 2.24) is 25.1 Å². The largest absolute Gasteiger partial charge is 0.473 e. The molecule has 0 bridgehead atoms. The number of pyridine rings is 2. The van der Waals surface area contributed by atoms with E-state index in [1.54, 1.807) is 35.3 Å². The van der Waals surface area contributed by atoms with E-state index in [-0.39, 0.29) is 31.3 Å². The Morgan fingerprint density at radius 3 is 2.76 bits per heavy atom. The average molecular weight is 449 g/mol. The first kappa shape index (κ1) is 22.3. The Labute approximate surface area is 190 Å². The molecular formula is C24H24FN5O3. The predicted molar refractivity (Wildman–Crippen MR) is 120 cm³/mol. The summed E-state index contributed by atoms with van der Waals surface area (Å²) in [5.41, 5.74) is 4.07. The van der Waals surface area contributed by atoms with Gasteiger partial charge in [-0.1, -0.05) is 12.1 Å². The summed E-state index contributed by atoms with van der Waals surface area (Å²) in [4.78, 5) is 20.8. The van der Waals surface area contributed by atoms with E-state index in [1.807, 2.05) is 19.2 Å². The van der Waals surface area contributed by atoms with E-state index >= 15 is 0 Å². The Morgan fingerprint density at radius 1 is 1.18 bits per heavy atom. The Bertz CT molecular complexity index is 1260. The fourth-order valence-corrected chi connectivity index (χ4v) is 3.46. The number of fused-ring (bicyclic) bond motifs is 1.